The molecule has 32 heavy (non-hydrogen) atoms. The number of carbonyl (C=O) groups excluding carboxylic acids is 1. The number of benzene rings is 3. The molecule has 3 aromatic rings. The highest BCUT2D eigenvalue weighted by molar-refractivity contribution is 7.93. The fourth-order valence-corrected chi connectivity index (χ4v) is 4.49. The summed E-state index contributed by atoms with van der Waals surface area (Å²) in [5.74, 6) is 0.738. The first kappa shape index (κ1) is 23.1. The highest BCUT2D eigenvalue weighted by Crippen LogP contribution is 2.28. The summed E-state index contributed by atoms with van der Waals surface area (Å²) in [7, 11) is -1.18. The van der Waals surface area contributed by atoms with Gasteiger partial charge in [0.25, 0.3) is 15.9 Å². The second-order valence-electron chi connectivity index (χ2n) is 7.06. The molecule has 0 saturated heterocycles. The van der Waals surface area contributed by atoms with Crippen LogP contribution in [0, 0.1) is 6.92 Å². The topological polar surface area (TPSA) is 82.1 Å². The van der Waals surface area contributed by atoms with Gasteiger partial charge in [-0.3, -0.25) is 4.79 Å². The number of sulfonamides is 1. The fraction of sp³-hybridized carbons (Fsp3) is 0.208. The smallest absolute Gasteiger partial charge is 0.281 e. The van der Waals surface area contributed by atoms with Gasteiger partial charge in [0, 0.05) is 6.07 Å². The number of hydrogen-bond acceptors (Lipinski definition) is 6. The van der Waals surface area contributed by atoms with Crippen molar-refractivity contribution in [2.45, 2.75) is 24.8 Å². The molecular formula is C24H25NO6S. The van der Waals surface area contributed by atoms with Crippen LogP contribution in [0.2, 0.25) is 0 Å². The summed E-state index contributed by atoms with van der Waals surface area (Å²) < 4.78 is 43.8. The molecule has 0 aliphatic rings. The molecule has 0 N–H and O–H groups in total. The van der Waals surface area contributed by atoms with Crippen LogP contribution in [0.25, 0.3) is 0 Å². The molecule has 0 aliphatic carbocycles. The average Bonchev–Trinajstić information content (AvgIpc) is 2.79. The van der Waals surface area contributed by atoms with Crippen LogP contribution in [-0.4, -0.2) is 34.6 Å². The maximum absolute atomic E-state index is 13.5. The standard InChI is InChI=1S/C24H25NO6S/c1-17-8-14-23(15-9-17)32(27,28)25(19-10-12-20(29-3)13-11-19)24(26)18(2)31-22-7-5-6-21(16-22)30-4/h5-16,18H,1-4H3. The van der Waals surface area contributed by atoms with Crippen molar-refractivity contribution in [2.75, 3.05) is 18.5 Å². The summed E-state index contributed by atoms with van der Waals surface area (Å²) in [4.78, 5) is 13.4. The van der Waals surface area contributed by atoms with Crippen LogP contribution < -0.4 is 18.5 Å². The van der Waals surface area contributed by atoms with Crippen molar-refractivity contribution in [3.05, 3.63) is 78.4 Å². The van der Waals surface area contributed by atoms with Gasteiger partial charge in [-0.05, 0) is 62.4 Å². The maximum atomic E-state index is 13.5. The van der Waals surface area contributed by atoms with Crippen molar-refractivity contribution in [2.24, 2.45) is 0 Å². The Balaban J connectivity index is 2.00. The monoisotopic (exact) mass is 455 g/mol. The molecule has 0 spiro atoms. The van der Waals surface area contributed by atoms with E-state index in [0.717, 1.165) is 9.87 Å². The van der Waals surface area contributed by atoms with Crippen molar-refractivity contribution in [1.29, 1.82) is 0 Å². The van der Waals surface area contributed by atoms with Crippen LogP contribution in [0.5, 0.6) is 17.2 Å². The second-order valence-corrected chi connectivity index (χ2v) is 8.84. The molecular weight excluding hydrogens is 430 g/mol. The molecule has 0 bridgehead atoms. The van der Waals surface area contributed by atoms with Crippen LogP contribution >= 0.6 is 0 Å². The molecule has 3 aromatic carbocycles. The zero-order valence-corrected chi connectivity index (χ0v) is 19.1. The lowest BCUT2D eigenvalue weighted by molar-refractivity contribution is -0.123. The van der Waals surface area contributed by atoms with Gasteiger partial charge in [-0.25, -0.2) is 8.42 Å². The van der Waals surface area contributed by atoms with Crippen molar-refractivity contribution < 1.29 is 27.4 Å². The van der Waals surface area contributed by atoms with E-state index in [4.69, 9.17) is 14.2 Å². The van der Waals surface area contributed by atoms with Crippen LogP contribution in [0.3, 0.4) is 0 Å². The first-order valence-electron chi connectivity index (χ1n) is 9.87. The Morgan fingerprint density at radius 1 is 0.844 bits per heavy atom. The number of ether oxygens (including phenoxy) is 3. The van der Waals surface area contributed by atoms with E-state index < -0.39 is 22.0 Å². The molecule has 0 fully saturated rings. The molecule has 168 valence electrons. The first-order valence-corrected chi connectivity index (χ1v) is 11.3. The van der Waals surface area contributed by atoms with E-state index in [9.17, 15) is 13.2 Å². The third-order valence-corrected chi connectivity index (χ3v) is 6.51. The Labute approximate surface area is 188 Å². The predicted octanol–water partition coefficient (Wildman–Crippen LogP) is 4.20. The minimum atomic E-state index is -4.20. The quantitative estimate of drug-likeness (QED) is 0.506. The van der Waals surface area contributed by atoms with Gasteiger partial charge in [-0.2, -0.15) is 4.31 Å². The molecule has 1 atom stereocenters. The lowest BCUT2D eigenvalue weighted by Gasteiger charge is -2.26. The number of anilines is 1. The number of amides is 1. The lowest BCUT2D eigenvalue weighted by Crippen LogP contribution is -2.44. The summed E-state index contributed by atoms with van der Waals surface area (Å²) >= 11 is 0. The molecule has 8 heteroatoms. The van der Waals surface area contributed by atoms with E-state index in [0.29, 0.717) is 17.2 Å². The third-order valence-electron chi connectivity index (χ3n) is 4.77. The molecule has 0 radical (unpaired) electrons. The van der Waals surface area contributed by atoms with E-state index in [1.54, 1.807) is 48.5 Å². The third kappa shape index (κ3) is 5.03. The van der Waals surface area contributed by atoms with Gasteiger partial charge in [0.2, 0.25) is 0 Å². The lowest BCUT2D eigenvalue weighted by atomic mass is 10.2. The summed E-state index contributed by atoms with van der Waals surface area (Å²) in [6.07, 6.45) is -1.09. The van der Waals surface area contributed by atoms with Crippen molar-refractivity contribution in [3.63, 3.8) is 0 Å². The van der Waals surface area contributed by atoms with E-state index >= 15 is 0 Å². The maximum Gasteiger partial charge on any atom is 0.281 e. The molecule has 1 unspecified atom stereocenters. The number of methoxy groups -OCH3 is 2. The van der Waals surface area contributed by atoms with Crippen molar-refractivity contribution >= 4 is 21.6 Å². The molecule has 1 amide bonds. The van der Waals surface area contributed by atoms with Gasteiger partial charge in [-0.15, -0.1) is 0 Å². The number of nitrogens with zero attached hydrogens (tertiary/aromatic N) is 1. The molecule has 0 saturated carbocycles. The van der Waals surface area contributed by atoms with Crippen LogP contribution in [-0.2, 0) is 14.8 Å². The summed E-state index contributed by atoms with van der Waals surface area (Å²) in [5.41, 5.74) is 1.08. The Kier molecular flexibility index (Phi) is 7.05. The van der Waals surface area contributed by atoms with Gasteiger partial charge in [-0.1, -0.05) is 23.8 Å². The van der Waals surface area contributed by atoms with Gasteiger partial charge in [0.1, 0.15) is 17.2 Å². The van der Waals surface area contributed by atoms with Gasteiger partial charge >= 0.3 is 0 Å². The summed E-state index contributed by atoms with van der Waals surface area (Å²) in [6, 6.07) is 19.3. The van der Waals surface area contributed by atoms with Crippen molar-refractivity contribution in [1.82, 2.24) is 0 Å². The molecule has 3 rings (SSSR count). The van der Waals surface area contributed by atoms with Gasteiger partial charge in [0.05, 0.1) is 24.8 Å². The minimum Gasteiger partial charge on any atom is -0.497 e. The summed E-state index contributed by atoms with van der Waals surface area (Å²) in [6.45, 7) is 3.36. The molecule has 7 nitrogen and oxygen atoms in total. The zero-order valence-electron chi connectivity index (χ0n) is 18.3. The van der Waals surface area contributed by atoms with E-state index in [2.05, 4.69) is 0 Å². The largest absolute Gasteiger partial charge is 0.497 e. The first-order chi connectivity index (χ1) is 15.3. The number of carbonyl (C=O) groups is 1. The Hall–Kier alpha value is -3.52. The van der Waals surface area contributed by atoms with Crippen LogP contribution in [0.1, 0.15) is 12.5 Å². The highest BCUT2D eigenvalue weighted by Gasteiger charge is 2.35. The Morgan fingerprint density at radius 3 is 2.03 bits per heavy atom. The predicted molar refractivity (Wildman–Crippen MR) is 122 cm³/mol. The molecule has 0 aromatic heterocycles. The second kappa shape index (κ2) is 9.74. The Bertz CT molecular complexity index is 1170. The molecule has 0 aliphatic heterocycles. The molecule has 0 heterocycles. The van der Waals surface area contributed by atoms with Crippen LogP contribution in [0.15, 0.2) is 77.7 Å². The van der Waals surface area contributed by atoms with E-state index in [1.807, 2.05) is 6.92 Å². The fourth-order valence-electron chi connectivity index (χ4n) is 3.01. The van der Waals surface area contributed by atoms with E-state index in [1.165, 1.54) is 45.4 Å². The number of hydrogen-bond donors (Lipinski definition) is 0. The normalized spacial score (nSPS) is 12.0. The zero-order chi connectivity index (χ0) is 23.3. The summed E-state index contributed by atoms with van der Waals surface area (Å²) in [5, 5.41) is 0. The van der Waals surface area contributed by atoms with Gasteiger partial charge in [0.15, 0.2) is 6.10 Å². The average molecular weight is 456 g/mol. The van der Waals surface area contributed by atoms with E-state index in [-0.39, 0.29) is 10.6 Å². The minimum absolute atomic E-state index is 0.000786. The van der Waals surface area contributed by atoms with Gasteiger partial charge < -0.3 is 14.2 Å². The SMILES string of the molecule is COc1ccc(N(C(=O)C(C)Oc2cccc(OC)c2)S(=O)(=O)c2ccc(C)cc2)cc1. The van der Waals surface area contributed by atoms with Crippen molar-refractivity contribution in [3.8, 4) is 17.2 Å². The van der Waals surface area contributed by atoms with Crippen LogP contribution in [0.4, 0.5) is 5.69 Å². The Morgan fingerprint density at radius 2 is 1.44 bits per heavy atom. The number of rotatable bonds is 8. The highest BCUT2D eigenvalue weighted by atomic mass is 32.2. The number of aryl methyl sites for hydroxylation is 1.